The minimum absolute atomic E-state index is 0.204. The number of ether oxygens (including phenoxy) is 2. The van der Waals surface area contributed by atoms with Crippen molar-refractivity contribution < 1.29 is 14.3 Å². The van der Waals surface area contributed by atoms with Gasteiger partial charge in [0.1, 0.15) is 0 Å². The van der Waals surface area contributed by atoms with Crippen LogP contribution < -0.4 is 9.47 Å². The topological polar surface area (TPSA) is 42.0 Å². The van der Waals surface area contributed by atoms with E-state index in [1.54, 1.807) is 14.2 Å². The fraction of sp³-hybridized carbons (Fsp3) is 0.409. The molecule has 2 aliphatic rings. The number of fused-ring (bicyclic) bond motifs is 2. The van der Waals surface area contributed by atoms with Crippen molar-refractivity contribution in [3.8, 4) is 11.5 Å². The molecule has 4 rings (SSSR count). The molecule has 0 aromatic heterocycles. The van der Waals surface area contributed by atoms with Gasteiger partial charge in [0, 0.05) is 26.2 Å². The third-order valence-electron chi connectivity index (χ3n) is 5.64. The lowest BCUT2D eigenvalue weighted by Gasteiger charge is -2.33. The van der Waals surface area contributed by atoms with Gasteiger partial charge in [0.15, 0.2) is 11.5 Å². The van der Waals surface area contributed by atoms with E-state index >= 15 is 0 Å². The first-order chi connectivity index (χ1) is 13.2. The van der Waals surface area contributed by atoms with E-state index in [0.29, 0.717) is 13.1 Å². The Bertz CT molecular complexity index is 849. The van der Waals surface area contributed by atoms with Crippen molar-refractivity contribution in [2.24, 2.45) is 0 Å². The first-order valence-corrected chi connectivity index (χ1v) is 9.48. The van der Waals surface area contributed by atoms with Gasteiger partial charge >= 0.3 is 0 Å². The fourth-order valence-corrected chi connectivity index (χ4v) is 4.08. The van der Waals surface area contributed by atoms with Gasteiger partial charge in [0.05, 0.1) is 20.8 Å². The highest BCUT2D eigenvalue weighted by atomic mass is 16.5. The highest BCUT2D eigenvalue weighted by Crippen LogP contribution is 2.33. The SMILES string of the molecule is COc1cc2c(cc1OC)CN(C(=O)CN1CCc3ccccc3C1)CC2. The molecule has 0 saturated carbocycles. The van der Waals surface area contributed by atoms with Crippen LogP contribution in [0.4, 0.5) is 0 Å². The molecule has 142 valence electrons. The summed E-state index contributed by atoms with van der Waals surface area (Å²) >= 11 is 0. The third-order valence-corrected chi connectivity index (χ3v) is 5.64. The van der Waals surface area contributed by atoms with E-state index in [0.717, 1.165) is 49.5 Å². The molecule has 0 radical (unpaired) electrons. The number of rotatable bonds is 4. The van der Waals surface area contributed by atoms with Gasteiger partial charge in [0.2, 0.25) is 5.91 Å². The van der Waals surface area contributed by atoms with Crippen LogP contribution in [-0.4, -0.2) is 49.6 Å². The van der Waals surface area contributed by atoms with Crippen LogP contribution in [0.2, 0.25) is 0 Å². The van der Waals surface area contributed by atoms with Crippen LogP contribution in [0.25, 0.3) is 0 Å². The third kappa shape index (κ3) is 3.65. The van der Waals surface area contributed by atoms with Gasteiger partial charge in [-0.05, 0) is 47.2 Å². The Morgan fingerprint density at radius 3 is 2.30 bits per heavy atom. The largest absolute Gasteiger partial charge is 0.493 e. The van der Waals surface area contributed by atoms with Gasteiger partial charge in [-0.1, -0.05) is 24.3 Å². The Hall–Kier alpha value is -2.53. The first-order valence-electron chi connectivity index (χ1n) is 9.48. The van der Waals surface area contributed by atoms with Gasteiger partial charge in [-0.2, -0.15) is 0 Å². The molecule has 0 saturated heterocycles. The second-order valence-electron chi connectivity index (χ2n) is 7.27. The maximum Gasteiger partial charge on any atom is 0.237 e. The van der Waals surface area contributed by atoms with Crippen molar-refractivity contribution in [2.45, 2.75) is 25.9 Å². The van der Waals surface area contributed by atoms with Crippen LogP contribution in [-0.2, 0) is 30.7 Å². The summed E-state index contributed by atoms with van der Waals surface area (Å²) in [4.78, 5) is 17.1. The zero-order valence-corrected chi connectivity index (χ0v) is 16.0. The van der Waals surface area contributed by atoms with Crippen LogP contribution >= 0.6 is 0 Å². The number of amides is 1. The lowest BCUT2D eigenvalue weighted by Crippen LogP contribution is -2.44. The number of hydrogen-bond acceptors (Lipinski definition) is 4. The molecule has 5 heteroatoms. The molecular weight excluding hydrogens is 340 g/mol. The lowest BCUT2D eigenvalue weighted by atomic mass is 9.98. The number of nitrogens with zero attached hydrogens (tertiary/aromatic N) is 2. The molecule has 5 nitrogen and oxygen atoms in total. The monoisotopic (exact) mass is 366 g/mol. The molecule has 0 fully saturated rings. The Morgan fingerprint density at radius 1 is 0.889 bits per heavy atom. The normalized spacial score (nSPS) is 16.4. The Labute approximate surface area is 160 Å². The van der Waals surface area contributed by atoms with E-state index < -0.39 is 0 Å². The Morgan fingerprint density at radius 2 is 1.56 bits per heavy atom. The summed E-state index contributed by atoms with van der Waals surface area (Å²) in [5.74, 6) is 1.68. The molecular formula is C22H26N2O3. The van der Waals surface area contributed by atoms with Crippen molar-refractivity contribution in [2.75, 3.05) is 33.9 Å². The maximum absolute atomic E-state index is 12.9. The minimum Gasteiger partial charge on any atom is -0.493 e. The Balaban J connectivity index is 1.42. The first kappa shape index (κ1) is 17.9. The molecule has 0 N–H and O–H groups in total. The number of methoxy groups -OCH3 is 2. The molecule has 0 unspecified atom stereocenters. The van der Waals surface area contributed by atoms with Crippen molar-refractivity contribution in [1.29, 1.82) is 0 Å². The summed E-state index contributed by atoms with van der Waals surface area (Å²) < 4.78 is 10.8. The van der Waals surface area contributed by atoms with Gasteiger partial charge in [0.25, 0.3) is 0 Å². The van der Waals surface area contributed by atoms with Crippen LogP contribution in [0.3, 0.4) is 0 Å². The highest BCUT2D eigenvalue weighted by molar-refractivity contribution is 5.78. The molecule has 2 aromatic rings. The van der Waals surface area contributed by atoms with Crippen molar-refractivity contribution in [3.05, 3.63) is 58.7 Å². The predicted molar refractivity (Wildman–Crippen MR) is 104 cm³/mol. The van der Waals surface area contributed by atoms with Crippen LogP contribution in [0.1, 0.15) is 22.3 Å². The summed E-state index contributed by atoms with van der Waals surface area (Å²) in [5.41, 5.74) is 5.14. The zero-order chi connectivity index (χ0) is 18.8. The predicted octanol–water partition coefficient (Wildman–Crippen LogP) is 2.65. The Kier molecular flexibility index (Phi) is 5.03. The van der Waals surface area contributed by atoms with E-state index in [1.807, 2.05) is 17.0 Å². The number of carbonyl (C=O) groups is 1. The maximum atomic E-state index is 12.9. The average Bonchev–Trinajstić information content (AvgIpc) is 2.72. The van der Waals surface area contributed by atoms with Crippen LogP contribution in [0, 0.1) is 0 Å². The molecule has 2 aromatic carbocycles. The van der Waals surface area contributed by atoms with Crippen molar-refractivity contribution in [3.63, 3.8) is 0 Å². The van der Waals surface area contributed by atoms with Crippen LogP contribution in [0.5, 0.6) is 11.5 Å². The molecule has 27 heavy (non-hydrogen) atoms. The molecule has 0 aliphatic carbocycles. The van der Waals surface area contributed by atoms with Gasteiger partial charge in [-0.25, -0.2) is 0 Å². The smallest absolute Gasteiger partial charge is 0.237 e. The van der Waals surface area contributed by atoms with Crippen LogP contribution in [0.15, 0.2) is 36.4 Å². The quantitative estimate of drug-likeness (QED) is 0.834. The minimum atomic E-state index is 0.204. The van der Waals surface area contributed by atoms with Crippen molar-refractivity contribution >= 4 is 5.91 Å². The average molecular weight is 366 g/mol. The van der Waals surface area contributed by atoms with E-state index in [2.05, 4.69) is 29.2 Å². The fourth-order valence-electron chi connectivity index (χ4n) is 4.08. The summed E-state index contributed by atoms with van der Waals surface area (Å²) in [6, 6.07) is 12.6. The summed E-state index contributed by atoms with van der Waals surface area (Å²) in [6.07, 6.45) is 1.87. The number of hydrogen-bond donors (Lipinski definition) is 0. The summed E-state index contributed by atoms with van der Waals surface area (Å²) in [5, 5.41) is 0. The van der Waals surface area contributed by atoms with Gasteiger partial charge in [-0.3, -0.25) is 9.69 Å². The molecule has 0 atom stereocenters. The van der Waals surface area contributed by atoms with Crippen molar-refractivity contribution in [1.82, 2.24) is 9.80 Å². The molecule has 1 amide bonds. The van der Waals surface area contributed by atoms with Gasteiger partial charge < -0.3 is 14.4 Å². The lowest BCUT2D eigenvalue weighted by molar-refractivity contribution is -0.133. The van der Waals surface area contributed by atoms with E-state index in [9.17, 15) is 4.79 Å². The number of carbonyl (C=O) groups excluding carboxylic acids is 1. The van der Waals surface area contributed by atoms with E-state index in [-0.39, 0.29) is 5.91 Å². The summed E-state index contributed by atoms with van der Waals surface area (Å²) in [7, 11) is 3.30. The molecule has 2 aliphatic heterocycles. The second-order valence-corrected chi connectivity index (χ2v) is 7.27. The molecule has 0 bridgehead atoms. The standard InChI is InChI=1S/C22H26N2O3/c1-26-20-11-17-8-10-24(14-19(17)12-21(20)27-2)22(25)15-23-9-7-16-5-3-4-6-18(16)13-23/h3-6,11-12H,7-10,13-15H2,1-2H3. The second kappa shape index (κ2) is 7.61. The van der Waals surface area contributed by atoms with E-state index in [4.69, 9.17) is 9.47 Å². The van der Waals surface area contributed by atoms with E-state index in [1.165, 1.54) is 16.7 Å². The highest BCUT2D eigenvalue weighted by Gasteiger charge is 2.25. The van der Waals surface area contributed by atoms with Gasteiger partial charge in [-0.15, -0.1) is 0 Å². The number of benzene rings is 2. The molecule has 0 spiro atoms. The summed E-state index contributed by atoms with van der Waals surface area (Å²) in [6.45, 7) is 3.68. The zero-order valence-electron chi connectivity index (χ0n) is 16.0. The molecule has 2 heterocycles.